The minimum absolute atomic E-state index is 0.0333. The van der Waals surface area contributed by atoms with Gasteiger partial charge in [0.1, 0.15) is 18.4 Å². The maximum atomic E-state index is 13.8. The van der Waals surface area contributed by atoms with Crippen molar-refractivity contribution >= 4 is 5.91 Å². The first kappa shape index (κ1) is 22.3. The van der Waals surface area contributed by atoms with E-state index in [2.05, 4.69) is 0 Å². The molecule has 0 saturated carbocycles. The smallest absolute Gasteiger partial charge is 0.306 e. The van der Waals surface area contributed by atoms with Gasteiger partial charge in [-0.3, -0.25) is 19.3 Å². The largest absolute Gasteiger partial charge is 0.408 e. The Bertz CT molecular complexity index is 1280. The van der Waals surface area contributed by atoms with Gasteiger partial charge in [0.15, 0.2) is 5.43 Å². The van der Waals surface area contributed by atoms with Crippen LogP contribution in [0.5, 0.6) is 0 Å². The van der Waals surface area contributed by atoms with Crippen LogP contribution in [0.15, 0.2) is 65.6 Å². The maximum absolute atomic E-state index is 13.8. The second kappa shape index (κ2) is 8.04. The molecule has 3 aromatic rings. The molecule has 5 rings (SSSR count). The van der Waals surface area contributed by atoms with E-state index in [1.807, 2.05) is 48.5 Å². The first-order valence-corrected chi connectivity index (χ1v) is 11.2. The van der Waals surface area contributed by atoms with Crippen LogP contribution in [0.3, 0.4) is 0 Å². The van der Waals surface area contributed by atoms with E-state index in [4.69, 9.17) is 0 Å². The third-order valence-corrected chi connectivity index (χ3v) is 6.96. The molecule has 0 spiro atoms. The molecule has 0 fully saturated rings. The highest BCUT2D eigenvalue weighted by molar-refractivity contribution is 5.95. The lowest BCUT2D eigenvalue weighted by Crippen LogP contribution is -2.60. The summed E-state index contributed by atoms with van der Waals surface area (Å²) in [5.41, 5.74) is 3.88. The Kier molecular flexibility index (Phi) is 5.26. The molecule has 0 bridgehead atoms. The van der Waals surface area contributed by atoms with Gasteiger partial charge in [-0.2, -0.15) is 13.2 Å². The summed E-state index contributed by atoms with van der Waals surface area (Å²) in [6.07, 6.45) is -1.51. The molecule has 2 heterocycles. The number of hydrogen-bond acceptors (Lipinski definition) is 3. The standard InChI is InChI=1S/C26H24F3N3O2/c1-16-22(33)13-14-31-23(16)25(34)30(17(2)26(27,28)29)15-32(31)24-20-9-5-3-7-18(20)11-12-19-8-4-6-10-21(19)24/h3-10,13-14,17,24H,11-12,15H2,1-2H3. The first-order chi connectivity index (χ1) is 16.2. The molecular weight excluding hydrogens is 443 g/mol. The van der Waals surface area contributed by atoms with E-state index in [0.717, 1.165) is 46.9 Å². The topological polar surface area (TPSA) is 45.6 Å². The molecule has 2 aliphatic rings. The summed E-state index contributed by atoms with van der Waals surface area (Å²) in [5, 5.41) is 1.77. The Morgan fingerprint density at radius 3 is 2.03 bits per heavy atom. The number of nitrogens with zero attached hydrogens (tertiary/aromatic N) is 3. The third kappa shape index (κ3) is 3.48. The van der Waals surface area contributed by atoms with Crippen molar-refractivity contribution in [2.24, 2.45) is 0 Å². The number of pyridine rings is 1. The summed E-state index contributed by atoms with van der Waals surface area (Å²) in [6.45, 7) is 2.19. The summed E-state index contributed by atoms with van der Waals surface area (Å²) >= 11 is 0. The minimum atomic E-state index is -4.61. The van der Waals surface area contributed by atoms with Crippen molar-refractivity contribution in [1.82, 2.24) is 9.58 Å². The summed E-state index contributed by atoms with van der Waals surface area (Å²) in [5.74, 6) is -0.800. The van der Waals surface area contributed by atoms with Gasteiger partial charge in [-0.05, 0) is 48.9 Å². The molecule has 1 unspecified atom stereocenters. The van der Waals surface area contributed by atoms with E-state index in [-0.39, 0.29) is 23.4 Å². The molecule has 5 nitrogen and oxygen atoms in total. The number of hydrogen-bond donors (Lipinski definition) is 0. The van der Waals surface area contributed by atoms with Gasteiger partial charge < -0.3 is 4.90 Å². The number of amides is 1. The van der Waals surface area contributed by atoms with Crippen LogP contribution in [0.4, 0.5) is 13.2 Å². The van der Waals surface area contributed by atoms with Crippen LogP contribution in [0, 0.1) is 6.92 Å². The number of aromatic nitrogens is 1. The molecule has 1 aromatic heterocycles. The zero-order chi connectivity index (χ0) is 24.2. The number of fused-ring (bicyclic) bond motifs is 3. The van der Waals surface area contributed by atoms with Crippen molar-refractivity contribution in [3.05, 3.63) is 105 Å². The van der Waals surface area contributed by atoms with Crippen LogP contribution in [0.1, 0.15) is 51.3 Å². The molecule has 0 N–H and O–H groups in total. The van der Waals surface area contributed by atoms with Crippen LogP contribution in [0.25, 0.3) is 0 Å². The van der Waals surface area contributed by atoms with E-state index >= 15 is 0 Å². The number of halogens is 3. The number of carbonyl (C=O) groups is 1. The third-order valence-electron chi connectivity index (χ3n) is 6.96. The predicted octanol–water partition coefficient (Wildman–Crippen LogP) is 4.35. The van der Waals surface area contributed by atoms with Gasteiger partial charge in [0.25, 0.3) is 5.91 Å². The monoisotopic (exact) mass is 467 g/mol. The average molecular weight is 467 g/mol. The number of carbonyl (C=O) groups excluding carboxylic acids is 1. The summed E-state index contributed by atoms with van der Waals surface area (Å²) in [6, 6.07) is 14.7. The summed E-state index contributed by atoms with van der Waals surface area (Å²) in [7, 11) is 0. The Morgan fingerprint density at radius 1 is 0.912 bits per heavy atom. The van der Waals surface area contributed by atoms with Crippen LogP contribution in [0.2, 0.25) is 0 Å². The molecule has 1 amide bonds. The lowest BCUT2D eigenvalue weighted by Gasteiger charge is -2.46. The molecule has 176 valence electrons. The number of aryl methyl sites for hydroxylation is 2. The zero-order valence-electron chi connectivity index (χ0n) is 18.8. The molecule has 0 radical (unpaired) electrons. The van der Waals surface area contributed by atoms with Crippen LogP contribution in [-0.4, -0.2) is 34.4 Å². The molecule has 1 aliphatic heterocycles. The van der Waals surface area contributed by atoms with Crippen molar-refractivity contribution in [3.8, 4) is 0 Å². The molecule has 0 saturated heterocycles. The Morgan fingerprint density at radius 2 is 1.47 bits per heavy atom. The van der Waals surface area contributed by atoms with Crippen molar-refractivity contribution < 1.29 is 18.0 Å². The van der Waals surface area contributed by atoms with E-state index in [9.17, 15) is 22.8 Å². The van der Waals surface area contributed by atoms with Crippen LogP contribution < -0.4 is 10.4 Å². The van der Waals surface area contributed by atoms with Gasteiger partial charge in [-0.25, -0.2) is 0 Å². The number of alkyl halides is 3. The Labute approximate surface area is 195 Å². The van der Waals surface area contributed by atoms with Gasteiger partial charge >= 0.3 is 6.18 Å². The van der Waals surface area contributed by atoms with Gasteiger partial charge in [-0.1, -0.05) is 48.5 Å². The van der Waals surface area contributed by atoms with Crippen molar-refractivity contribution in [2.45, 2.75) is 44.9 Å². The fourth-order valence-electron chi connectivity index (χ4n) is 5.02. The van der Waals surface area contributed by atoms with Crippen molar-refractivity contribution in [1.29, 1.82) is 0 Å². The quantitative estimate of drug-likeness (QED) is 0.563. The van der Waals surface area contributed by atoms with Gasteiger partial charge in [0.2, 0.25) is 0 Å². The normalized spacial score (nSPS) is 17.0. The van der Waals surface area contributed by atoms with E-state index in [1.165, 1.54) is 19.2 Å². The number of rotatable bonds is 2. The minimum Gasteiger partial charge on any atom is -0.306 e. The second-order valence-corrected chi connectivity index (χ2v) is 8.87. The van der Waals surface area contributed by atoms with Crippen molar-refractivity contribution in [2.75, 3.05) is 11.7 Å². The lowest BCUT2D eigenvalue weighted by molar-refractivity contribution is -0.173. The SMILES string of the molecule is Cc1c2n(ccc1=O)N(C1c3ccccc3CCc3ccccc31)CN(C(C)C(F)(F)F)C2=O. The Hall–Kier alpha value is -3.55. The van der Waals surface area contributed by atoms with Gasteiger partial charge in [-0.15, -0.1) is 0 Å². The van der Waals surface area contributed by atoms with E-state index in [1.54, 1.807) is 9.69 Å². The maximum Gasteiger partial charge on any atom is 0.408 e. The molecule has 1 atom stereocenters. The lowest BCUT2D eigenvalue weighted by atomic mass is 9.94. The molecule has 8 heteroatoms. The first-order valence-electron chi connectivity index (χ1n) is 11.2. The molecule has 34 heavy (non-hydrogen) atoms. The molecule has 1 aliphatic carbocycles. The van der Waals surface area contributed by atoms with E-state index in [0.29, 0.717) is 0 Å². The highest BCUT2D eigenvalue weighted by Crippen LogP contribution is 2.38. The van der Waals surface area contributed by atoms with Crippen LogP contribution >= 0.6 is 0 Å². The van der Waals surface area contributed by atoms with E-state index < -0.39 is 24.2 Å². The second-order valence-electron chi connectivity index (χ2n) is 8.87. The highest BCUT2D eigenvalue weighted by atomic mass is 19.4. The van der Waals surface area contributed by atoms with Gasteiger partial charge in [0.05, 0.1) is 6.04 Å². The fraction of sp³-hybridized carbons (Fsp3) is 0.308. The number of benzene rings is 2. The van der Waals surface area contributed by atoms with Gasteiger partial charge in [0, 0.05) is 17.8 Å². The Balaban J connectivity index is 1.77. The molecule has 2 aromatic carbocycles. The fourth-order valence-corrected chi connectivity index (χ4v) is 5.02. The predicted molar refractivity (Wildman–Crippen MR) is 122 cm³/mol. The summed E-state index contributed by atoms with van der Waals surface area (Å²) < 4.78 is 43.0. The summed E-state index contributed by atoms with van der Waals surface area (Å²) in [4.78, 5) is 26.5. The average Bonchev–Trinajstić information content (AvgIpc) is 2.97. The highest BCUT2D eigenvalue weighted by Gasteiger charge is 2.47. The van der Waals surface area contributed by atoms with Crippen molar-refractivity contribution in [3.63, 3.8) is 0 Å². The zero-order valence-corrected chi connectivity index (χ0v) is 18.8. The molecular formula is C26H24F3N3O2. The van der Waals surface area contributed by atoms with Crippen LogP contribution in [-0.2, 0) is 12.8 Å².